The van der Waals surface area contributed by atoms with E-state index in [1.54, 1.807) is 6.92 Å². The number of fused-ring (bicyclic) bond motifs is 3. The molecular weight excluding hydrogens is 584 g/mol. The molecule has 6 nitrogen and oxygen atoms in total. The summed E-state index contributed by atoms with van der Waals surface area (Å²) in [7, 11) is -5.05. The number of carbonyl (C=O) groups excluding carboxylic acids is 1. The Morgan fingerprint density at radius 2 is 1.57 bits per heavy atom. The number of alkyl halides is 6. The number of ether oxygens (including phenoxy) is 1. The van der Waals surface area contributed by atoms with Crippen LogP contribution in [0.15, 0.2) is 29.2 Å². The van der Waals surface area contributed by atoms with Gasteiger partial charge in [-0.1, -0.05) is 0 Å². The van der Waals surface area contributed by atoms with Gasteiger partial charge in [0.2, 0.25) is 0 Å². The van der Waals surface area contributed by atoms with E-state index >= 15 is 0 Å². The predicted octanol–water partition coefficient (Wildman–Crippen LogP) is 5.81. The lowest BCUT2D eigenvalue weighted by Crippen LogP contribution is -2.43. The molecule has 2 aromatic carbocycles. The average Bonchev–Trinajstić information content (AvgIpc) is 3.44. The number of benzene rings is 2. The molecule has 3 fully saturated rings. The maximum Gasteiger partial charge on any atom is 0.472 e. The SMILES string of the molecule is Cc1cc([S+]2CCCCC2)c2ccc(C(F)(F)F)cc2c1OC1CC2CC1CC2OS(=O)(=O)NC(=O)C(F)(F)F. The summed E-state index contributed by atoms with van der Waals surface area (Å²) in [6.07, 6.45) is -7.05. The smallest absolute Gasteiger partial charge is 0.472 e. The van der Waals surface area contributed by atoms with Crippen molar-refractivity contribution in [2.24, 2.45) is 11.8 Å². The molecule has 2 saturated carbocycles. The molecule has 3 aliphatic rings. The number of aryl methyl sites for hydroxylation is 1. The molecule has 1 amide bonds. The van der Waals surface area contributed by atoms with Crippen LogP contribution in [-0.2, 0) is 36.4 Å². The van der Waals surface area contributed by atoms with Crippen molar-refractivity contribution >= 4 is 37.9 Å². The van der Waals surface area contributed by atoms with Crippen molar-refractivity contribution in [1.29, 1.82) is 0 Å². The normalized spacial score (nSPS) is 25.9. The minimum atomic E-state index is -5.39. The quantitative estimate of drug-likeness (QED) is 0.329. The van der Waals surface area contributed by atoms with Crippen LogP contribution in [0, 0.1) is 18.8 Å². The van der Waals surface area contributed by atoms with E-state index in [0.29, 0.717) is 29.5 Å². The van der Waals surface area contributed by atoms with E-state index in [1.807, 2.05) is 6.07 Å². The molecule has 1 N–H and O–H groups in total. The Bertz CT molecular complexity index is 1410. The van der Waals surface area contributed by atoms with Crippen LogP contribution in [0.25, 0.3) is 10.8 Å². The van der Waals surface area contributed by atoms with Gasteiger partial charge in [0.05, 0.1) is 11.7 Å². The van der Waals surface area contributed by atoms with E-state index in [4.69, 9.17) is 8.92 Å². The largest absolute Gasteiger partial charge is 0.489 e. The Morgan fingerprint density at radius 3 is 2.17 bits per heavy atom. The van der Waals surface area contributed by atoms with Crippen molar-refractivity contribution in [2.75, 3.05) is 11.5 Å². The summed E-state index contributed by atoms with van der Waals surface area (Å²) in [5, 5.41) is 1.12. The fourth-order valence-corrected chi connectivity index (χ4v) is 9.60. The number of amides is 1. The van der Waals surface area contributed by atoms with Crippen molar-refractivity contribution in [1.82, 2.24) is 4.72 Å². The van der Waals surface area contributed by atoms with Crippen molar-refractivity contribution in [3.63, 3.8) is 0 Å². The molecule has 40 heavy (non-hydrogen) atoms. The number of hydrogen-bond acceptors (Lipinski definition) is 5. The van der Waals surface area contributed by atoms with Gasteiger partial charge in [-0.3, -0.25) is 8.98 Å². The zero-order valence-corrected chi connectivity index (χ0v) is 23.0. The molecule has 2 aliphatic carbocycles. The number of hydrogen-bond donors (Lipinski definition) is 1. The Morgan fingerprint density at radius 1 is 0.925 bits per heavy atom. The summed E-state index contributed by atoms with van der Waals surface area (Å²) in [5.74, 6) is -0.886. The van der Waals surface area contributed by atoms with Crippen LogP contribution < -0.4 is 9.46 Å². The van der Waals surface area contributed by atoms with E-state index in [0.717, 1.165) is 57.9 Å². The number of nitrogens with one attached hydrogen (secondary N) is 1. The summed E-state index contributed by atoms with van der Waals surface area (Å²) in [5.41, 5.74) is -0.0613. The topological polar surface area (TPSA) is 81.7 Å². The number of rotatable bonds is 6. The van der Waals surface area contributed by atoms with E-state index in [9.17, 15) is 39.6 Å². The fourth-order valence-electron chi connectivity index (χ4n) is 6.06. The highest BCUT2D eigenvalue weighted by Gasteiger charge is 2.50. The van der Waals surface area contributed by atoms with Crippen LogP contribution in [0.1, 0.15) is 49.7 Å². The molecule has 0 aromatic heterocycles. The maximum atomic E-state index is 13.7. The molecule has 4 unspecified atom stereocenters. The molecule has 14 heteroatoms. The summed E-state index contributed by atoms with van der Waals surface area (Å²) < 4.78 is 114. The maximum absolute atomic E-state index is 13.7. The van der Waals surface area contributed by atoms with Gasteiger partial charge in [0.15, 0.2) is 4.90 Å². The van der Waals surface area contributed by atoms with Gasteiger partial charge in [-0.25, -0.2) is 4.72 Å². The Hall–Kier alpha value is -2.19. The lowest BCUT2D eigenvalue weighted by Gasteiger charge is -2.29. The first-order valence-corrected chi connectivity index (χ1v) is 15.9. The second kappa shape index (κ2) is 10.6. The minimum Gasteiger partial charge on any atom is -0.489 e. The third-order valence-corrected chi connectivity index (χ3v) is 11.3. The molecule has 0 radical (unpaired) electrons. The van der Waals surface area contributed by atoms with Crippen molar-refractivity contribution in [2.45, 2.75) is 74.9 Å². The zero-order valence-electron chi connectivity index (χ0n) is 21.4. The van der Waals surface area contributed by atoms with E-state index in [2.05, 4.69) is 0 Å². The third kappa shape index (κ3) is 6.03. The van der Waals surface area contributed by atoms with Crippen LogP contribution in [-0.4, -0.2) is 44.2 Å². The molecular formula is C26H28F6NO5S2+. The van der Waals surface area contributed by atoms with Gasteiger partial charge in [0, 0.05) is 27.7 Å². The predicted molar refractivity (Wildman–Crippen MR) is 136 cm³/mol. The Kier molecular flexibility index (Phi) is 7.75. The highest BCUT2D eigenvalue weighted by Crippen LogP contribution is 2.49. The minimum absolute atomic E-state index is 0.0697. The van der Waals surface area contributed by atoms with Crippen molar-refractivity contribution in [3.8, 4) is 5.75 Å². The fraction of sp³-hybridized carbons (Fsp3) is 0.577. The van der Waals surface area contributed by atoms with E-state index in [1.165, 1.54) is 6.07 Å². The van der Waals surface area contributed by atoms with Crippen LogP contribution in [0.4, 0.5) is 26.3 Å². The summed E-state index contributed by atoms with van der Waals surface area (Å²) in [6, 6.07) is 5.75. The van der Waals surface area contributed by atoms with Gasteiger partial charge in [-0.15, -0.1) is 0 Å². The van der Waals surface area contributed by atoms with Gasteiger partial charge >= 0.3 is 28.6 Å². The molecule has 0 spiro atoms. The van der Waals surface area contributed by atoms with Crippen LogP contribution in [0.5, 0.6) is 5.75 Å². The summed E-state index contributed by atoms with van der Waals surface area (Å²) in [4.78, 5) is 12.1. The molecule has 5 rings (SSSR count). The Labute approximate surface area is 230 Å². The van der Waals surface area contributed by atoms with Gasteiger partial charge in [-0.2, -0.15) is 34.8 Å². The average molecular weight is 613 g/mol. The molecule has 2 aromatic rings. The first-order valence-electron chi connectivity index (χ1n) is 12.9. The first-order chi connectivity index (χ1) is 18.6. The van der Waals surface area contributed by atoms with Crippen molar-refractivity contribution in [3.05, 3.63) is 35.4 Å². The van der Waals surface area contributed by atoms with Gasteiger partial charge < -0.3 is 4.74 Å². The second-order valence-corrected chi connectivity index (χ2v) is 14.2. The molecule has 2 bridgehead atoms. The molecule has 220 valence electrons. The number of carbonyl (C=O) groups is 1. The lowest BCUT2D eigenvalue weighted by molar-refractivity contribution is -0.171. The van der Waals surface area contributed by atoms with Gasteiger partial charge in [0.25, 0.3) is 0 Å². The number of halogens is 6. The van der Waals surface area contributed by atoms with Crippen LogP contribution >= 0.6 is 0 Å². The van der Waals surface area contributed by atoms with Crippen LogP contribution in [0.2, 0.25) is 0 Å². The van der Waals surface area contributed by atoms with Crippen molar-refractivity contribution < 1.29 is 48.5 Å². The van der Waals surface area contributed by atoms with Crippen LogP contribution in [0.3, 0.4) is 0 Å². The third-order valence-electron chi connectivity index (χ3n) is 7.88. The zero-order chi connectivity index (χ0) is 29.0. The molecule has 1 heterocycles. The first kappa shape index (κ1) is 29.3. The Balaban J connectivity index is 1.37. The summed E-state index contributed by atoms with van der Waals surface area (Å²) >= 11 is 0. The van der Waals surface area contributed by atoms with E-state index < -0.39 is 46.3 Å². The second-order valence-electron chi connectivity index (χ2n) is 10.6. The monoisotopic (exact) mass is 612 g/mol. The molecule has 1 saturated heterocycles. The molecule has 4 atom stereocenters. The van der Waals surface area contributed by atoms with E-state index in [-0.39, 0.29) is 29.2 Å². The lowest BCUT2D eigenvalue weighted by atomic mass is 9.95. The van der Waals surface area contributed by atoms with Gasteiger partial charge in [-0.05, 0) is 81.0 Å². The molecule has 1 aliphatic heterocycles. The highest BCUT2D eigenvalue weighted by molar-refractivity contribution is 7.97. The highest BCUT2D eigenvalue weighted by atomic mass is 32.2. The standard InChI is InChI=1S/C26H27F6NO5S2/c1-14-9-22(39-7-3-2-4-8-39)18-6-5-17(25(27,28)29)13-19(18)23(14)37-20-11-16-10-15(20)12-21(16)38-40(35,36)33-24(34)26(30,31)32/h5-6,9,13,15-16,20-21H,2-4,7-8,10-12H2,1H3/p+1. The summed E-state index contributed by atoms with van der Waals surface area (Å²) in [6.45, 7) is 1.81. The van der Waals surface area contributed by atoms with Gasteiger partial charge in [0.1, 0.15) is 23.4 Å².